The number of benzene rings is 4. The Hall–Kier alpha value is -3.63. The molecule has 0 saturated heterocycles. The fourth-order valence-corrected chi connectivity index (χ4v) is 3.67. The molecule has 4 rings (SSSR count). The zero-order chi connectivity index (χ0) is 20.8. The second-order valence-electron chi connectivity index (χ2n) is 7.19. The van der Waals surface area contributed by atoms with Crippen molar-refractivity contribution in [2.45, 2.75) is 12.1 Å². The number of hydrogen-bond acceptors (Lipinski definition) is 2. The predicted molar refractivity (Wildman–Crippen MR) is 120 cm³/mol. The van der Waals surface area contributed by atoms with E-state index in [9.17, 15) is 9.90 Å². The number of amides is 2. The van der Waals surface area contributed by atoms with Gasteiger partial charge in [-0.2, -0.15) is 0 Å². The molecule has 4 nitrogen and oxygen atoms in total. The zero-order valence-electron chi connectivity index (χ0n) is 16.5. The van der Waals surface area contributed by atoms with Gasteiger partial charge in [-0.25, -0.2) is 4.79 Å². The van der Waals surface area contributed by atoms with Gasteiger partial charge in [-0.15, -0.1) is 0 Å². The zero-order valence-corrected chi connectivity index (χ0v) is 16.5. The first-order chi connectivity index (χ1) is 14.7. The van der Waals surface area contributed by atoms with Crippen LogP contribution in [0.1, 0.15) is 28.8 Å². The highest BCUT2D eigenvalue weighted by molar-refractivity contribution is 5.86. The lowest BCUT2D eigenvalue weighted by molar-refractivity contribution is 0.174. The molecule has 0 aliphatic rings. The van der Waals surface area contributed by atoms with Crippen LogP contribution in [0.2, 0.25) is 0 Å². The molecule has 0 heterocycles. The summed E-state index contributed by atoms with van der Waals surface area (Å²) in [6, 6.07) is 32.8. The molecule has 0 radical (unpaired) electrons. The summed E-state index contributed by atoms with van der Waals surface area (Å²) < 4.78 is 0. The van der Waals surface area contributed by atoms with E-state index in [0.29, 0.717) is 0 Å². The average molecular weight is 396 g/mol. The lowest BCUT2D eigenvalue weighted by atomic mass is 9.99. The van der Waals surface area contributed by atoms with E-state index >= 15 is 0 Å². The van der Waals surface area contributed by atoms with E-state index in [0.717, 1.165) is 27.5 Å². The number of nitrogens with one attached hydrogen (secondary N) is 2. The van der Waals surface area contributed by atoms with Gasteiger partial charge in [-0.05, 0) is 27.5 Å². The highest BCUT2D eigenvalue weighted by Crippen LogP contribution is 2.24. The van der Waals surface area contributed by atoms with Crippen LogP contribution < -0.4 is 10.6 Å². The first-order valence-electron chi connectivity index (χ1n) is 10.0. The summed E-state index contributed by atoms with van der Waals surface area (Å²) in [5.74, 6) is 0. The maximum Gasteiger partial charge on any atom is 0.315 e. The van der Waals surface area contributed by atoms with E-state index in [1.54, 1.807) is 0 Å². The SMILES string of the molecule is O=C(NC[C@@H](O)c1cccc2ccccc12)NC(c1ccccc1)c1ccccc1. The summed E-state index contributed by atoms with van der Waals surface area (Å²) in [6.45, 7) is 0.121. The van der Waals surface area contributed by atoms with E-state index in [-0.39, 0.29) is 18.6 Å². The van der Waals surface area contributed by atoms with Gasteiger partial charge in [-0.1, -0.05) is 103 Å². The Morgan fingerprint density at radius 1 is 0.733 bits per heavy atom. The third-order valence-electron chi connectivity index (χ3n) is 5.18. The minimum absolute atomic E-state index is 0.121. The molecule has 0 saturated carbocycles. The average Bonchev–Trinajstić information content (AvgIpc) is 2.81. The van der Waals surface area contributed by atoms with Gasteiger partial charge in [0, 0.05) is 6.54 Å². The van der Waals surface area contributed by atoms with Crippen LogP contribution >= 0.6 is 0 Å². The van der Waals surface area contributed by atoms with E-state index in [4.69, 9.17) is 0 Å². The molecule has 0 aromatic heterocycles. The van der Waals surface area contributed by atoms with Gasteiger partial charge in [0.05, 0.1) is 12.1 Å². The van der Waals surface area contributed by atoms with E-state index in [1.165, 1.54) is 0 Å². The standard InChI is InChI=1S/C26H24N2O2/c29-24(23-17-9-15-19-10-7-8-16-22(19)23)18-27-26(30)28-25(20-11-3-1-4-12-20)21-13-5-2-6-14-21/h1-17,24-25,29H,18H2,(H2,27,28,30)/t24-/m1/s1. The van der Waals surface area contributed by atoms with Crippen LogP contribution in [0.15, 0.2) is 103 Å². The van der Waals surface area contributed by atoms with E-state index < -0.39 is 6.10 Å². The van der Waals surface area contributed by atoms with Crippen molar-refractivity contribution in [3.8, 4) is 0 Å². The number of carbonyl (C=O) groups excluding carboxylic acids is 1. The van der Waals surface area contributed by atoms with Gasteiger partial charge < -0.3 is 15.7 Å². The number of hydrogen-bond donors (Lipinski definition) is 3. The van der Waals surface area contributed by atoms with Crippen molar-refractivity contribution in [1.29, 1.82) is 0 Å². The highest BCUT2D eigenvalue weighted by atomic mass is 16.3. The molecule has 0 unspecified atom stereocenters. The number of rotatable bonds is 6. The summed E-state index contributed by atoms with van der Waals surface area (Å²) in [5.41, 5.74) is 2.79. The highest BCUT2D eigenvalue weighted by Gasteiger charge is 2.18. The van der Waals surface area contributed by atoms with Gasteiger partial charge in [0.25, 0.3) is 0 Å². The van der Waals surface area contributed by atoms with Crippen molar-refractivity contribution < 1.29 is 9.90 Å². The third kappa shape index (κ3) is 4.50. The molecular formula is C26H24N2O2. The van der Waals surface area contributed by atoms with Crippen molar-refractivity contribution in [3.05, 3.63) is 120 Å². The number of aliphatic hydroxyl groups is 1. The van der Waals surface area contributed by atoms with Gasteiger partial charge in [0.1, 0.15) is 0 Å². The first kappa shape index (κ1) is 19.7. The Labute approximate surface area is 176 Å². The van der Waals surface area contributed by atoms with Crippen molar-refractivity contribution in [1.82, 2.24) is 10.6 Å². The van der Waals surface area contributed by atoms with Gasteiger partial charge in [0.2, 0.25) is 0 Å². The van der Waals surface area contributed by atoms with Crippen LogP contribution in [0.5, 0.6) is 0 Å². The van der Waals surface area contributed by atoms with Crippen molar-refractivity contribution in [3.63, 3.8) is 0 Å². The largest absolute Gasteiger partial charge is 0.387 e. The molecule has 0 fully saturated rings. The topological polar surface area (TPSA) is 61.4 Å². The second kappa shape index (κ2) is 9.25. The van der Waals surface area contributed by atoms with Crippen molar-refractivity contribution in [2.75, 3.05) is 6.54 Å². The molecule has 1 atom stereocenters. The molecule has 4 aromatic rings. The molecule has 0 bridgehead atoms. The number of aliphatic hydroxyl groups excluding tert-OH is 1. The molecular weight excluding hydrogens is 372 g/mol. The van der Waals surface area contributed by atoms with Crippen LogP contribution in [-0.2, 0) is 0 Å². The predicted octanol–water partition coefficient (Wildman–Crippen LogP) is 4.96. The Balaban J connectivity index is 1.46. The van der Waals surface area contributed by atoms with E-state index in [2.05, 4.69) is 10.6 Å². The quantitative estimate of drug-likeness (QED) is 0.431. The van der Waals surface area contributed by atoms with Crippen LogP contribution in [0.25, 0.3) is 10.8 Å². The minimum Gasteiger partial charge on any atom is -0.387 e. The summed E-state index contributed by atoms with van der Waals surface area (Å²) in [4.78, 5) is 12.7. The second-order valence-corrected chi connectivity index (χ2v) is 7.19. The Bertz CT molecular complexity index is 1070. The van der Waals surface area contributed by atoms with Gasteiger partial charge in [0.15, 0.2) is 0 Å². The summed E-state index contributed by atoms with van der Waals surface area (Å²) in [7, 11) is 0. The fraction of sp³-hybridized carbons (Fsp3) is 0.115. The molecule has 0 aliphatic heterocycles. The maximum absolute atomic E-state index is 12.7. The lowest BCUT2D eigenvalue weighted by Crippen LogP contribution is -2.40. The third-order valence-corrected chi connectivity index (χ3v) is 5.18. The Morgan fingerprint density at radius 2 is 1.30 bits per heavy atom. The molecule has 0 spiro atoms. The smallest absolute Gasteiger partial charge is 0.315 e. The first-order valence-corrected chi connectivity index (χ1v) is 10.0. The number of carbonyl (C=O) groups is 1. The normalized spacial score (nSPS) is 11.9. The summed E-state index contributed by atoms with van der Waals surface area (Å²) in [6.07, 6.45) is -0.797. The number of fused-ring (bicyclic) bond motifs is 1. The van der Waals surface area contributed by atoms with Gasteiger partial charge in [-0.3, -0.25) is 0 Å². The number of urea groups is 1. The summed E-state index contributed by atoms with van der Waals surface area (Å²) in [5, 5.41) is 18.6. The Morgan fingerprint density at radius 3 is 1.97 bits per heavy atom. The van der Waals surface area contributed by atoms with Crippen LogP contribution in [-0.4, -0.2) is 17.7 Å². The molecule has 150 valence electrons. The fourth-order valence-electron chi connectivity index (χ4n) is 3.67. The van der Waals surface area contributed by atoms with Crippen LogP contribution in [0, 0.1) is 0 Å². The van der Waals surface area contributed by atoms with Crippen LogP contribution in [0.4, 0.5) is 4.79 Å². The Kier molecular flexibility index (Phi) is 6.06. The van der Waals surface area contributed by atoms with Gasteiger partial charge >= 0.3 is 6.03 Å². The molecule has 4 heteroatoms. The molecule has 3 N–H and O–H groups in total. The lowest BCUT2D eigenvalue weighted by Gasteiger charge is -2.21. The molecule has 2 amide bonds. The summed E-state index contributed by atoms with van der Waals surface area (Å²) >= 11 is 0. The molecule has 4 aromatic carbocycles. The maximum atomic E-state index is 12.7. The molecule has 30 heavy (non-hydrogen) atoms. The molecule has 0 aliphatic carbocycles. The minimum atomic E-state index is -0.797. The van der Waals surface area contributed by atoms with E-state index in [1.807, 2.05) is 103 Å². The van der Waals surface area contributed by atoms with Crippen LogP contribution in [0.3, 0.4) is 0 Å². The van der Waals surface area contributed by atoms with Crippen molar-refractivity contribution >= 4 is 16.8 Å². The van der Waals surface area contributed by atoms with Crippen molar-refractivity contribution in [2.24, 2.45) is 0 Å². The monoisotopic (exact) mass is 396 g/mol.